The van der Waals surface area contributed by atoms with Crippen molar-refractivity contribution in [2.45, 2.75) is 25.9 Å². The van der Waals surface area contributed by atoms with Crippen LogP contribution in [-0.4, -0.2) is 24.5 Å². The molecule has 0 saturated heterocycles. The van der Waals surface area contributed by atoms with Crippen molar-refractivity contribution < 1.29 is 0 Å². The van der Waals surface area contributed by atoms with Crippen LogP contribution in [0.1, 0.15) is 24.5 Å². The highest BCUT2D eigenvalue weighted by Gasteiger charge is 2.09. The van der Waals surface area contributed by atoms with Crippen LogP contribution in [0.15, 0.2) is 54.6 Å². The monoisotopic (exact) mass is 293 g/mol. The van der Waals surface area contributed by atoms with Crippen LogP contribution in [0.3, 0.4) is 0 Å². The summed E-state index contributed by atoms with van der Waals surface area (Å²) in [4.78, 5) is 2.37. The standard InChI is InChI=1S/C19H23N3/c1-16(22(2)15-18-6-4-3-5-7-18)12-13-21-19-10-8-17(14-20)9-11-19/h3-11,16,21H,12-13,15H2,1-2H3. The van der Waals surface area contributed by atoms with E-state index in [2.05, 4.69) is 60.6 Å². The molecule has 1 unspecified atom stereocenters. The normalized spacial score (nSPS) is 11.9. The van der Waals surface area contributed by atoms with Gasteiger partial charge in [0.15, 0.2) is 0 Å². The van der Waals surface area contributed by atoms with Crippen molar-refractivity contribution in [3.8, 4) is 6.07 Å². The zero-order valence-corrected chi connectivity index (χ0v) is 13.3. The largest absolute Gasteiger partial charge is 0.385 e. The molecule has 0 fully saturated rings. The summed E-state index contributed by atoms with van der Waals surface area (Å²) in [6, 6.07) is 20.8. The molecule has 0 spiro atoms. The van der Waals surface area contributed by atoms with Crippen molar-refractivity contribution in [1.82, 2.24) is 4.90 Å². The van der Waals surface area contributed by atoms with Gasteiger partial charge in [-0.1, -0.05) is 30.3 Å². The SMILES string of the molecule is CC(CCNc1ccc(C#N)cc1)N(C)Cc1ccccc1. The van der Waals surface area contributed by atoms with E-state index in [1.165, 1.54) is 5.56 Å². The predicted molar refractivity (Wildman–Crippen MR) is 91.6 cm³/mol. The molecule has 2 rings (SSSR count). The number of benzene rings is 2. The molecule has 22 heavy (non-hydrogen) atoms. The van der Waals surface area contributed by atoms with E-state index < -0.39 is 0 Å². The molecule has 0 aliphatic heterocycles. The minimum Gasteiger partial charge on any atom is -0.385 e. The van der Waals surface area contributed by atoms with E-state index in [1.807, 2.05) is 24.3 Å². The zero-order valence-electron chi connectivity index (χ0n) is 13.3. The molecule has 0 aromatic heterocycles. The smallest absolute Gasteiger partial charge is 0.0991 e. The Balaban J connectivity index is 1.74. The van der Waals surface area contributed by atoms with Gasteiger partial charge in [0.2, 0.25) is 0 Å². The maximum Gasteiger partial charge on any atom is 0.0991 e. The second kappa shape index (κ2) is 8.21. The fourth-order valence-electron chi connectivity index (χ4n) is 2.34. The van der Waals surface area contributed by atoms with Crippen molar-refractivity contribution in [3.63, 3.8) is 0 Å². The van der Waals surface area contributed by atoms with Gasteiger partial charge in [0.05, 0.1) is 11.6 Å². The van der Waals surface area contributed by atoms with Crippen molar-refractivity contribution in [1.29, 1.82) is 5.26 Å². The Morgan fingerprint density at radius 3 is 2.41 bits per heavy atom. The summed E-state index contributed by atoms with van der Waals surface area (Å²) < 4.78 is 0. The van der Waals surface area contributed by atoms with Gasteiger partial charge in [0.25, 0.3) is 0 Å². The summed E-state index contributed by atoms with van der Waals surface area (Å²) in [5.74, 6) is 0. The molecule has 1 N–H and O–H groups in total. The van der Waals surface area contributed by atoms with Crippen molar-refractivity contribution in [2.24, 2.45) is 0 Å². The number of nitrogens with zero attached hydrogens (tertiary/aromatic N) is 2. The molecule has 0 heterocycles. The second-order valence-corrected chi connectivity index (χ2v) is 5.65. The molecule has 2 aromatic carbocycles. The molecule has 0 aliphatic carbocycles. The molecule has 2 aromatic rings. The fourth-order valence-corrected chi connectivity index (χ4v) is 2.34. The van der Waals surface area contributed by atoms with Gasteiger partial charge in [-0.3, -0.25) is 4.90 Å². The molecule has 0 saturated carbocycles. The van der Waals surface area contributed by atoms with Gasteiger partial charge in [0, 0.05) is 24.8 Å². The van der Waals surface area contributed by atoms with Crippen molar-refractivity contribution >= 4 is 5.69 Å². The Morgan fingerprint density at radius 1 is 1.09 bits per heavy atom. The van der Waals surface area contributed by atoms with Crippen molar-refractivity contribution in [3.05, 3.63) is 65.7 Å². The lowest BCUT2D eigenvalue weighted by atomic mass is 10.1. The first-order chi connectivity index (χ1) is 10.7. The number of nitrogens with one attached hydrogen (secondary N) is 1. The lowest BCUT2D eigenvalue weighted by molar-refractivity contribution is 0.242. The van der Waals surface area contributed by atoms with Crippen LogP contribution in [0.4, 0.5) is 5.69 Å². The molecule has 0 bridgehead atoms. The quantitative estimate of drug-likeness (QED) is 0.842. The summed E-state index contributed by atoms with van der Waals surface area (Å²) in [5.41, 5.74) is 3.11. The van der Waals surface area contributed by atoms with E-state index in [0.717, 1.165) is 25.2 Å². The first kappa shape index (κ1) is 16.1. The van der Waals surface area contributed by atoms with Crippen LogP contribution in [0, 0.1) is 11.3 Å². The third kappa shape index (κ3) is 4.91. The molecule has 0 radical (unpaired) electrons. The van der Waals surface area contributed by atoms with Crippen LogP contribution < -0.4 is 5.32 Å². The van der Waals surface area contributed by atoms with Gasteiger partial charge >= 0.3 is 0 Å². The van der Waals surface area contributed by atoms with Gasteiger partial charge in [0.1, 0.15) is 0 Å². The topological polar surface area (TPSA) is 39.1 Å². The molecule has 0 aliphatic rings. The van der Waals surface area contributed by atoms with E-state index in [-0.39, 0.29) is 0 Å². The Morgan fingerprint density at radius 2 is 1.77 bits per heavy atom. The molecule has 0 amide bonds. The van der Waals surface area contributed by atoms with Crippen LogP contribution in [0.25, 0.3) is 0 Å². The minimum absolute atomic E-state index is 0.506. The zero-order chi connectivity index (χ0) is 15.8. The third-order valence-corrected chi connectivity index (χ3v) is 3.93. The second-order valence-electron chi connectivity index (χ2n) is 5.65. The minimum atomic E-state index is 0.506. The van der Waals surface area contributed by atoms with Gasteiger partial charge in [-0.05, 0) is 50.2 Å². The Kier molecular flexibility index (Phi) is 6.00. The van der Waals surface area contributed by atoms with E-state index >= 15 is 0 Å². The Hall–Kier alpha value is -2.31. The van der Waals surface area contributed by atoms with E-state index in [4.69, 9.17) is 5.26 Å². The van der Waals surface area contributed by atoms with E-state index in [0.29, 0.717) is 11.6 Å². The highest BCUT2D eigenvalue weighted by atomic mass is 15.1. The lowest BCUT2D eigenvalue weighted by Crippen LogP contribution is -2.30. The summed E-state index contributed by atoms with van der Waals surface area (Å²) in [7, 11) is 2.17. The first-order valence-corrected chi connectivity index (χ1v) is 7.67. The highest BCUT2D eigenvalue weighted by molar-refractivity contribution is 5.47. The molecular formula is C19H23N3. The third-order valence-electron chi connectivity index (χ3n) is 3.93. The number of hydrogen-bond donors (Lipinski definition) is 1. The maximum atomic E-state index is 8.78. The van der Waals surface area contributed by atoms with E-state index in [9.17, 15) is 0 Å². The fraction of sp³-hybridized carbons (Fsp3) is 0.316. The Bertz CT molecular complexity index is 599. The van der Waals surface area contributed by atoms with Gasteiger partial charge < -0.3 is 5.32 Å². The number of anilines is 1. The lowest BCUT2D eigenvalue weighted by Gasteiger charge is -2.25. The average Bonchev–Trinajstić information content (AvgIpc) is 2.56. The van der Waals surface area contributed by atoms with Crippen LogP contribution in [0.5, 0.6) is 0 Å². The van der Waals surface area contributed by atoms with Crippen molar-refractivity contribution in [2.75, 3.05) is 18.9 Å². The van der Waals surface area contributed by atoms with Crippen LogP contribution >= 0.6 is 0 Å². The van der Waals surface area contributed by atoms with Gasteiger partial charge in [-0.15, -0.1) is 0 Å². The molecule has 1 atom stereocenters. The highest BCUT2D eigenvalue weighted by Crippen LogP contribution is 2.11. The van der Waals surface area contributed by atoms with Gasteiger partial charge in [-0.25, -0.2) is 0 Å². The van der Waals surface area contributed by atoms with Crippen LogP contribution in [-0.2, 0) is 6.54 Å². The maximum absolute atomic E-state index is 8.78. The molecule has 3 nitrogen and oxygen atoms in total. The summed E-state index contributed by atoms with van der Waals surface area (Å²) in [6.07, 6.45) is 1.07. The van der Waals surface area contributed by atoms with E-state index in [1.54, 1.807) is 0 Å². The number of nitriles is 1. The van der Waals surface area contributed by atoms with Gasteiger partial charge in [-0.2, -0.15) is 5.26 Å². The molecule has 114 valence electrons. The number of rotatable bonds is 7. The molecule has 3 heteroatoms. The summed E-state index contributed by atoms with van der Waals surface area (Å²) in [5, 5.41) is 12.2. The Labute approximate surface area is 133 Å². The summed E-state index contributed by atoms with van der Waals surface area (Å²) in [6.45, 7) is 4.15. The molecular weight excluding hydrogens is 270 g/mol. The average molecular weight is 293 g/mol. The first-order valence-electron chi connectivity index (χ1n) is 7.67. The summed E-state index contributed by atoms with van der Waals surface area (Å²) >= 11 is 0. The predicted octanol–water partition coefficient (Wildman–Crippen LogP) is 3.88. The number of hydrogen-bond acceptors (Lipinski definition) is 3. The van der Waals surface area contributed by atoms with Crippen LogP contribution in [0.2, 0.25) is 0 Å².